The van der Waals surface area contributed by atoms with E-state index in [0.29, 0.717) is 0 Å². The number of hydrogen-bond donors (Lipinski definition) is 2. The Morgan fingerprint density at radius 3 is 2.37 bits per heavy atom. The highest BCUT2D eigenvalue weighted by Crippen LogP contribution is 2.39. The van der Waals surface area contributed by atoms with E-state index >= 15 is 0 Å². The lowest BCUT2D eigenvalue weighted by Crippen LogP contribution is -2.19. The zero-order valence-corrected chi connectivity index (χ0v) is 14.1. The van der Waals surface area contributed by atoms with E-state index in [2.05, 4.69) is 10.1 Å². The monoisotopic (exact) mass is 407 g/mol. The number of anilines is 1. The van der Waals surface area contributed by atoms with E-state index in [1.165, 1.54) is 0 Å². The van der Waals surface area contributed by atoms with Crippen molar-refractivity contribution in [2.45, 2.75) is 6.36 Å². The summed E-state index contributed by atoms with van der Waals surface area (Å²) in [5.74, 6) is -4.80. The molecule has 0 aliphatic rings. The largest absolute Gasteiger partial charge is 0.573 e. The zero-order chi connectivity index (χ0) is 20.4. The minimum atomic E-state index is -5.05. The molecule has 27 heavy (non-hydrogen) atoms. The third kappa shape index (κ3) is 5.00. The molecule has 0 aliphatic heterocycles. The van der Waals surface area contributed by atoms with Gasteiger partial charge in [-0.05, 0) is 30.3 Å². The molecule has 0 fully saturated rings. The molecule has 0 saturated carbocycles. The Hall–Kier alpha value is -3.01. The lowest BCUT2D eigenvalue weighted by atomic mass is 10.1. The molecule has 0 heterocycles. The third-order valence-corrected chi connectivity index (χ3v) is 3.44. The molecule has 0 aromatic heterocycles. The number of carboxylic acid groups (broad SMARTS) is 1. The first-order valence-corrected chi connectivity index (χ1v) is 7.37. The summed E-state index contributed by atoms with van der Waals surface area (Å²) in [6, 6.07) is 4.56. The number of ether oxygens (including phenoxy) is 2. The van der Waals surface area contributed by atoms with Crippen LogP contribution in [0.3, 0.4) is 0 Å². The highest BCUT2D eigenvalue weighted by molar-refractivity contribution is 6.32. The maximum atomic E-state index is 13.7. The number of benzene rings is 2. The number of hydrogen-bond acceptors (Lipinski definition) is 4. The van der Waals surface area contributed by atoms with E-state index in [-0.39, 0.29) is 16.3 Å². The van der Waals surface area contributed by atoms with Crippen LogP contribution in [0.4, 0.5) is 23.2 Å². The normalized spacial score (nSPS) is 11.0. The summed E-state index contributed by atoms with van der Waals surface area (Å²) in [5.41, 5.74) is -1.06. The van der Waals surface area contributed by atoms with Gasteiger partial charge in [-0.1, -0.05) is 11.6 Å². The molecule has 0 aliphatic carbocycles. The fourth-order valence-corrected chi connectivity index (χ4v) is 2.36. The van der Waals surface area contributed by atoms with Crippen molar-refractivity contribution in [3.8, 4) is 11.5 Å². The highest BCUT2D eigenvalue weighted by atomic mass is 35.5. The number of halogens is 5. The van der Waals surface area contributed by atoms with Gasteiger partial charge < -0.3 is 19.9 Å². The Morgan fingerprint density at radius 2 is 1.85 bits per heavy atom. The molecule has 6 nitrogen and oxygen atoms in total. The Kier molecular flexibility index (Phi) is 5.79. The lowest BCUT2D eigenvalue weighted by Gasteiger charge is -2.15. The first-order chi connectivity index (χ1) is 12.5. The minimum absolute atomic E-state index is 0.118. The number of carboxylic acids is 1. The van der Waals surface area contributed by atoms with E-state index in [1.807, 2.05) is 0 Å². The van der Waals surface area contributed by atoms with Gasteiger partial charge in [0, 0.05) is 11.3 Å². The molecule has 0 radical (unpaired) electrons. The van der Waals surface area contributed by atoms with Crippen molar-refractivity contribution < 1.29 is 41.7 Å². The van der Waals surface area contributed by atoms with Crippen LogP contribution in [0.1, 0.15) is 20.7 Å². The lowest BCUT2D eigenvalue weighted by molar-refractivity contribution is -0.275. The molecule has 0 atom stereocenters. The molecule has 0 spiro atoms. The summed E-state index contributed by atoms with van der Waals surface area (Å²) in [4.78, 5) is 23.0. The van der Waals surface area contributed by atoms with Gasteiger partial charge in [-0.2, -0.15) is 0 Å². The third-order valence-electron chi connectivity index (χ3n) is 3.16. The predicted molar refractivity (Wildman–Crippen MR) is 86.0 cm³/mol. The van der Waals surface area contributed by atoms with E-state index < -0.39 is 41.1 Å². The summed E-state index contributed by atoms with van der Waals surface area (Å²) in [7, 11) is 1.07. The van der Waals surface area contributed by atoms with Crippen molar-refractivity contribution in [3.05, 3.63) is 52.3 Å². The number of aromatic carboxylic acids is 1. The zero-order valence-electron chi connectivity index (χ0n) is 13.4. The second-order valence-corrected chi connectivity index (χ2v) is 5.40. The quantitative estimate of drug-likeness (QED) is 0.720. The Balaban J connectivity index is 2.33. The number of amides is 1. The Morgan fingerprint density at radius 1 is 1.19 bits per heavy atom. The van der Waals surface area contributed by atoms with Gasteiger partial charge in [0.1, 0.15) is 5.82 Å². The summed E-state index contributed by atoms with van der Waals surface area (Å²) in [6.07, 6.45) is -5.05. The molecular weight excluding hydrogens is 398 g/mol. The van der Waals surface area contributed by atoms with Crippen LogP contribution in [-0.2, 0) is 0 Å². The Labute approximate surface area is 154 Å². The molecular formula is C16H10ClF4NO5. The number of carbonyl (C=O) groups is 2. The number of carbonyl (C=O) groups excluding carboxylic acids is 1. The van der Waals surface area contributed by atoms with Gasteiger partial charge in [0.2, 0.25) is 0 Å². The van der Waals surface area contributed by atoms with E-state index in [0.717, 1.165) is 37.4 Å². The van der Waals surface area contributed by atoms with Gasteiger partial charge in [-0.25, -0.2) is 9.18 Å². The average molecular weight is 408 g/mol. The first kappa shape index (κ1) is 20.3. The summed E-state index contributed by atoms with van der Waals surface area (Å²) in [5, 5.41) is 10.6. The van der Waals surface area contributed by atoms with Gasteiger partial charge in [0.15, 0.2) is 11.5 Å². The van der Waals surface area contributed by atoms with Crippen LogP contribution in [0.2, 0.25) is 5.02 Å². The molecule has 2 rings (SSSR count). The predicted octanol–water partition coefficient (Wildman–Crippen LogP) is 4.34. The summed E-state index contributed by atoms with van der Waals surface area (Å²) >= 11 is 5.81. The molecule has 2 N–H and O–H groups in total. The fourth-order valence-electron chi connectivity index (χ4n) is 2.07. The maximum Gasteiger partial charge on any atom is 0.573 e. The van der Waals surface area contributed by atoms with Crippen molar-refractivity contribution in [2.75, 3.05) is 12.4 Å². The van der Waals surface area contributed by atoms with Crippen LogP contribution in [0.15, 0.2) is 30.3 Å². The van der Waals surface area contributed by atoms with Crippen molar-refractivity contribution >= 4 is 29.2 Å². The topological polar surface area (TPSA) is 84.9 Å². The van der Waals surface area contributed by atoms with Crippen molar-refractivity contribution in [2.24, 2.45) is 0 Å². The van der Waals surface area contributed by atoms with Crippen LogP contribution in [0.25, 0.3) is 0 Å². The average Bonchev–Trinajstić information content (AvgIpc) is 2.52. The molecule has 0 bridgehead atoms. The summed E-state index contributed by atoms with van der Waals surface area (Å²) in [6.45, 7) is 0. The smallest absolute Gasteiger partial charge is 0.491 e. The van der Waals surface area contributed by atoms with E-state index in [4.69, 9.17) is 21.4 Å². The minimum Gasteiger partial charge on any atom is -0.491 e. The fraction of sp³-hybridized carbons (Fsp3) is 0.125. The highest BCUT2D eigenvalue weighted by Gasteiger charge is 2.33. The van der Waals surface area contributed by atoms with Crippen molar-refractivity contribution in [1.82, 2.24) is 0 Å². The van der Waals surface area contributed by atoms with Gasteiger partial charge in [0.25, 0.3) is 5.91 Å². The van der Waals surface area contributed by atoms with Crippen LogP contribution in [0, 0.1) is 5.82 Å². The molecule has 11 heteroatoms. The number of methoxy groups -OCH3 is 1. The second kappa shape index (κ2) is 7.70. The van der Waals surface area contributed by atoms with Crippen molar-refractivity contribution in [1.29, 1.82) is 0 Å². The van der Waals surface area contributed by atoms with Gasteiger partial charge in [-0.15, -0.1) is 13.2 Å². The first-order valence-electron chi connectivity index (χ1n) is 6.99. The SMILES string of the molecule is COc1c(Cl)cc(C(=O)Nc2ccc(C(=O)O)c(F)c2)cc1OC(F)(F)F. The molecule has 0 unspecified atom stereocenters. The Bertz CT molecular complexity index is 901. The number of rotatable bonds is 5. The van der Waals surface area contributed by atoms with Gasteiger partial charge in [0.05, 0.1) is 17.7 Å². The summed E-state index contributed by atoms with van der Waals surface area (Å²) < 4.78 is 59.7. The molecule has 2 aromatic rings. The van der Waals surface area contributed by atoms with Gasteiger partial charge >= 0.3 is 12.3 Å². The number of nitrogens with one attached hydrogen (secondary N) is 1. The molecule has 2 aromatic carbocycles. The van der Waals surface area contributed by atoms with E-state index in [1.54, 1.807) is 0 Å². The molecule has 144 valence electrons. The second-order valence-electron chi connectivity index (χ2n) is 4.99. The van der Waals surface area contributed by atoms with Crippen LogP contribution >= 0.6 is 11.6 Å². The number of alkyl halides is 3. The molecule has 0 saturated heterocycles. The van der Waals surface area contributed by atoms with E-state index in [9.17, 15) is 27.2 Å². The standard InChI is InChI=1S/C16H10ClF4NO5/c1-26-13-10(17)4-7(5-12(13)27-16(19,20)21)14(23)22-8-2-3-9(15(24)25)11(18)6-8/h2-6H,1H3,(H,22,23)(H,24,25). The van der Waals surface area contributed by atoms with Crippen molar-refractivity contribution in [3.63, 3.8) is 0 Å². The molecule has 1 amide bonds. The maximum absolute atomic E-state index is 13.7. The van der Waals surface area contributed by atoms with Crippen LogP contribution in [-0.4, -0.2) is 30.5 Å². The van der Waals surface area contributed by atoms with Crippen LogP contribution < -0.4 is 14.8 Å². The van der Waals surface area contributed by atoms with Gasteiger partial charge in [-0.3, -0.25) is 4.79 Å². The van der Waals surface area contributed by atoms with Crippen LogP contribution in [0.5, 0.6) is 11.5 Å².